The number of nitrogens with one attached hydrogen (secondary N) is 1. The molecule has 0 bridgehead atoms. The minimum absolute atomic E-state index is 0.270. The Bertz CT molecular complexity index is 193. The van der Waals surface area contributed by atoms with Gasteiger partial charge in [0.1, 0.15) is 0 Å². The first-order valence-electron chi connectivity index (χ1n) is 7.54. The van der Waals surface area contributed by atoms with E-state index in [0.717, 1.165) is 5.92 Å². The molecule has 1 saturated carbocycles. The van der Waals surface area contributed by atoms with Gasteiger partial charge in [-0.25, -0.2) is 0 Å². The Balaban J connectivity index is 2.35. The van der Waals surface area contributed by atoms with E-state index in [4.69, 9.17) is 0 Å². The molecule has 2 heteroatoms. The zero-order chi connectivity index (χ0) is 12.7. The second-order valence-electron chi connectivity index (χ2n) is 6.06. The standard InChI is InChI=1S/C15H31NO/c1-4-6-13-7-5-8-14(10-9-13)16-15(11-17)12(2)3/h12-17H,4-11H2,1-3H3/t13?,14?,15-/m1/s1. The van der Waals surface area contributed by atoms with Crippen LogP contribution in [0.4, 0.5) is 0 Å². The average molecular weight is 241 g/mol. The highest BCUT2D eigenvalue weighted by molar-refractivity contribution is 4.79. The van der Waals surface area contributed by atoms with E-state index in [1.165, 1.54) is 44.9 Å². The maximum absolute atomic E-state index is 9.37. The van der Waals surface area contributed by atoms with Crippen LogP contribution in [-0.2, 0) is 0 Å². The average Bonchev–Trinajstić information content (AvgIpc) is 2.52. The maximum atomic E-state index is 9.37. The quantitative estimate of drug-likeness (QED) is 0.699. The van der Waals surface area contributed by atoms with Gasteiger partial charge in [0.2, 0.25) is 0 Å². The van der Waals surface area contributed by atoms with Crippen molar-refractivity contribution in [2.45, 2.75) is 77.8 Å². The van der Waals surface area contributed by atoms with Crippen molar-refractivity contribution in [3.8, 4) is 0 Å². The number of aliphatic hydroxyl groups excluding tert-OH is 1. The molecule has 1 aliphatic carbocycles. The minimum atomic E-state index is 0.270. The van der Waals surface area contributed by atoms with Crippen LogP contribution in [0.25, 0.3) is 0 Å². The van der Waals surface area contributed by atoms with E-state index in [-0.39, 0.29) is 12.6 Å². The SMILES string of the molecule is CCCC1CCCC(N[C@H](CO)C(C)C)CC1. The van der Waals surface area contributed by atoms with Gasteiger partial charge < -0.3 is 10.4 Å². The highest BCUT2D eigenvalue weighted by Gasteiger charge is 2.21. The number of rotatable bonds is 6. The largest absolute Gasteiger partial charge is 0.395 e. The number of aliphatic hydroxyl groups is 1. The van der Waals surface area contributed by atoms with E-state index in [9.17, 15) is 5.11 Å². The van der Waals surface area contributed by atoms with Crippen LogP contribution in [0.3, 0.4) is 0 Å². The van der Waals surface area contributed by atoms with Crippen molar-refractivity contribution in [1.29, 1.82) is 0 Å². The summed E-state index contributed by atoms with van der Waals surface area (Å²) in [5.41, 5.74) is 0. The van der Waals surface area contributed by atoms with Crippen LogP contribution in [0.2, 0.25) is 0 Å². The molecule has 2 N–H and O–H groups in total. The molecule has 102 valence electrons. The smallest absolute Gasteiger partial charge is 0.0587 e. The molecule has 3 atom stereocenters. The zero-order valence-corrected chi connectivity index (χ0v) is 11.9. The Morgan fingerprint density at radius 3 is 2.53 bits per heavy atom. The first kappa shape index (κ1) is 15.0. The van der Waals surface area contributed by atoms with Crippen molar-refractivity contribution in [2.24, 2.45) is 11.8 Å². The molecule has 0 aromatic rings. The first-order valence-corrected chi connectivity index (χ1v) is 7.54. The molecular weight excluding hydrogens is 210 g/mol. The van der Waals surface area contributed by atoms with Crippen molar-refractivity contribution >= 4 is 0 Å². The highest BCUT2D eigenvalue weighted by Crippen LogP contribution is 2.27. The predicted octanol–water partition coefficient (Wildman–Crippen LogP) is 3.34. The fourth-order valence-corrected chi connectivity index (χ4v) is 3.00. The second kappa shape index (κ2) is 8.10. The van der Waals surface area contributed by atoms with Crippen LogP contribution in [0.5, 0.6) is 0 Å². The van der Waals surface area contributed by atoms with Gasteiger partial charge in [-0.15, -0.1) is 0 Å². The van der Waals surface area contributed by atoms with Crippen LogP contribution >= 0.6 is 0 Å². The molecule has 0 spiro atoms. The Hall–Kier alpha value is -0.0800. The van der Waals surface area contributed by atoms with Gasteiger partial charge >= 0.3 is 0 Å². The summed E-state index contributed by atoms with van der Waals surface area (Å²) >= 11 is 0. The lowest BCUT2D eigenvalue weighted by molar-refractivity contribution is 0.194. The molecule has 0 aromatic heterocycles. The van der Waals surface area contributed by atoms with Gasteiger partial charge in [-0.1, -0.05) is 46.5 Å². The van der Waals surface area contributed by atoms with Gasteiger partial charge in [0.15, 0.2) is 0 Å². The summed E-state index contributed by atoms with van der Waals surface area (Å²) in [6.45, 7) is 6.93. The normalized spacial score (nSPS) is 28.1. The molecule has 2 unspecified atom stereocenters. The van der Waals surface area contributed by atoms with E-state index < -0.39 is 0 Å². The van der Waals surface area contributed by atoms with Gasteiger partial charge in [0, 0.05) is 12.1 Å². The van der Waals surface area contributed by atoms with Crippen LogP contribution < -0.4 is 5.32 Å². The van der Waals surface area contributed by atoms with Gasteiger partial charge in [-0.2, -0.15) is 0 Å². The summed E-state index contributed by atoms with van der Waals surface area (Å²) in [7, 11) is 0. The summed E-state index contributed by atoms with van der Waals surface area (Å²) in [6.07, 6.45) is 9.48. The fourth-order valence-electron chi connectivity index (χ4n) is 3.00. The number of hydrogen-bond donors (Lipinski definition) is 2. The van der Waals surface area contributed by atoms with Gasteiger partial charge in [0.25, 0.3) is 0 Å². The molecule has 0 saturated heterocycles. The number of hydrogen-bond acceptors (Lipinski definition) is 2. The summed E-state index contributed by atoms with van der Waals surface area (Å²) in [4.78, 5) is 0. The summed E-state index contributed by atoms with van der Waals surface area (Å²) in [5, 5.41) is 13.0. The lowest BCUT2D eigenvalue weighted by Crippen LogP contribution is -2.43. The van der Waals surface area contributed by atoms with Gasteiger partial charge in [-0.3, -0.25) is 0 Å². The first-order chi connectivity index (χ1) is 8.17. The van der Waals surface area contributed by atoms with E-state index >= 15 is 0 Å². The van der Waals surface area contributed by atoms with Crippen LogP contribution in [0, 0.1) is 11.8 Å². The summed E-state index contributed by atoms with van der Waals surface area (Å²) < 4.78 is 0. The molecule has 2 nitrogen and oxygen atoms in total. The Labute approximate surface area is 107 Å². The van der Waals surface area contributed by atoms with Crippen molar-refractivity contribution in [3.63, 3.8) is 0 Å². The Kier molecular flexibility index (Phi) is 7.14. The van der Waals surface area contributed by atoms with E-state index in [1.54, 1.807) is 0 Å². The third kappa shape index (κ3) is 5.39. The third-order valence-electron chi connectivity index (χ3n) is 4.24. The molecule has 1 rings (SSSR count). The topological polar surface area (TPSA) is 32.3 Å². The summed E-state index contributed by atoms with van der Waals surface area (Å²) in [6, 6.07) is 0.916. The highest BCUT2D eigenvalue weighted by atomic mass is 16.3. The molecule has 1 aliphatic rings. The van der Waals surface area contributed by atoms with Crippen LogP contribution in [-0.4, -0.2) is 23.8 Å². The molecule has 17 heavy (non-hydrogen) atoms. The molecule has 0 amide bonds. The van der Waals surface area contributed by atoms with E-state index in [2.05, 4.69) is 26.1 Å². The third-order valence-corrected chi connectivity index (χ3v) is 4.24. The van der Waals surface area contributed by atoms with Gasteiger partial charge in [-0.05, 0) is 31.1 Å². The van der Waals surface area contributed by atoms with E-state index in [0.29, 0.717) is 12.0 Å². The Morgan fingerprint density at radius 2 is 1.94 bits per heavy atom. The zero-order valence-electron chi connectivity index (χ0n) is 11.9. The Morgan fingerprint density at radius 1 is 1.18 bits per heavy atom. The van der Waals surface area contributed by atoms with Gasteiger partial charge in [0.05, 0.1) is 6.61 Å². The van der Waals surface area contributed by atoms with E-state index in [1.807, 2.05) is 0 Å². The molecule has 0 heterocycles. The maximum Gasteiger partial charge on any atom is 0.0587 e. The molecule has 0 aromatic carbocycles. The molecule has 0 radical (unpaired) electrons. The summed E-state index contributed by atoms with van der Waals surface area (Å²) in [5.74, 6) is 1.48. The van der Waals surface area contributed by atoms with Crippen molar-refractivity contribution in [2.75, 3.05) is 6.61 Å². The van der Waals surface area contributed by atoms with Crippen LogP contribution in [0.15, 0.2) is 0 Å². The van der Waals surface area contributed by atoms with Crippen molar-refractivity contribution in [3.05, 3.63) is 0 Å². The lowest BCUT2D eigenvalue weighted by atomic mass is 9.95. The predicted molar refractivity (Wildman–Crippen MR) is 74.1 cm³/mol. The monoisotopic (exact) mass is 241 g/mol. The molecule has 0 aliphatic heterocycles. The fraction of sp³-hybridized carbons (Fsp3) is 1.00. The second-order valence-corrected chi connectivity index (χ2v) is 6.06. The van der Waals surface area contributed by atoms with Crippen molar-refractivity contribution in [1.82, 2.24) is 5.32 Å². The van der Waals surface area contributed by atoms with Crippen LogP contribution in [0.1, 0.15) is 65.7 Å². The molecule has 1 fully saturated rings. The molecular formula is C15H31NO. The minimum Gasteiger partial charge on any atom is -0.395 e. The lowest BCUT2D eigenvalue weighted by Gasteiger charge is -2.26. The van der Waals surface area contributed by atoms with Crippen molar-refractivity contribution < 1.29 is 5.11 Å².